The summed E-state index contributed by atoms with van der Waals surface area (Å²) in [6.45, 7) is 1.67. The van der Waals surface area contributed by atoms with Gasteiger partial charge in [0.15, 0.2) is 6.61 Å². The fourth-order valence-electron chi connectivity index (χ4n) is 3.53. The maximum Gasteiger partial charge on any atom is 0.260 e. The third kappa shape index (κ3) is 3.78. The number of amides is 1. The number of hydrogen-bond acceptors (Lipinski definition) is 2. The van der Waals surface area contributed by atoms with E-state index in [1.807, 2.05) is 47.4 Å². The Hall–Kier alpha value is -2.27. The first-order valence-corrected chi connectivity index (χ1v) is 9.71. The van der Waals surface area contributed by atoms with Crippen molar-refractivity contribution in [3.63, 3.8) is 0 Å². The van der Waals surface area contributed by atoms with Crippen molar-refractivity contribution in [2.45, 2.75) is 18.9 Å². The molecule has 0 N–H and O–H groups in total. The molecule has 4 rings (SSSR count). The van der Waals surface area contributed by atoms with Gasteiger partial charge in [0.25, 0.3) is 5.91 Å². The molecular weight excluding hydrogens is 392 g/mol. The molecule has 0 saturated carbocycles. The quantitative estimate of drug-likeness (QED) is 0.624. The van der Waals surface area contributed by atoms with Gasteiger partial charge >= 0.3 is 0 Å². The van der Waals surface area contributed by atoms with Gasteiger partial charge in [-0.3, -0.25) is 4.79 Å². The van der Waals surface area contributed by atoms with Crippen molar-refractivity contribution >= 4 is 32.6 Å². The maximum absolute atomic E-state index is 12.5. The van der Waals surface area contributed by atoms with E-state index in [1.54, 1.807) is 0 Å². The van der Waals surface area contributed by atoms with Gasteiger partial charge in [0.2, 0.25) is 0 Å². The molecular formula is C21H21BrN2O2. The molecule has 1 amide bonds. The van der Waals surface area contributed by atoms with Crippen molar-refractivity contribution < 1.29 is 9.53 Å². The molecule has 0 radical (unpaired) electrons. The second kappa shape index (κ2) is 7.54. The lowest BCUT2D eigenvalue weighted by molar-refractivity contribution is -0.134. The highest BCUT2D eigenvalue weighted by molar-refractivity contribution is 9.10. The molecule has 1 fully saturated rings. The van der Waals surface area contributed by atoms with Gasteiger partial charge in [-0.2, -0.15) is 0 Å². The Bertz CT molecular complexity index is 900. The van der Waals surface area contributed by atoms with E-state index in [9.17, 15) is 4.79 Å². The molecule has 0 bridgehead atoms. The van der Waals surface area contributed by atoms with E-state index in [-0.39, 0.29) is 12.5 Å². The largest absolute Gasteiger partial charge is 0.484 e. The van der Waals surface area contributed by atoms with E-state index in [4.69, 9.17) is 4.74 Å². The molecule has 0 aliphatic carbocycles. The highest BCUT2D eigenvalue weighted by atomic mass is 79.9. The molecule has 1 saturated heterocycles. The number of halogens is 1. The summed E-state index contributed by atoms with van der Waals surface area (Å²) in [7, 11) is 0. The SMILES string of the molecule is O=C(COc1ccc2cc(Br)ccc2c1)N1CCC(n2cccc2)CC1. The van der Waals surface area contributed by atoms with Crippen LogP contribution in [-0.4, -0.2) is 35.1 Å². The molecule has 1 aromatic heterocycles. The van der Waals surface area contributed by atoms with Crippen LogP contribution in [-0.2, 0) is 4.79 Å². The van der Waals surface area contributed by atoms with E-state index >= 15 is 0 Å². The zero-order valence-corrected chi connectivity index (χ0v) is 16.1. The topological polar surface area (TPSA) is 34.5 Å². The summed E-state index contributed by atoms with van der Waals surface area (Å²) in [5.74, 6) is 0.794. The Labute approximate surface area is 161 Å². The van der Waals surface area contributed by atoms with Gasteiger partial charge < -0.3 is 14.2 Å². The van der Waals surface area contributed by atoms with Crippen molar-refractivity contribution in [3.8, 4) is 5.75 Å². The number of hydrogen-bond donors (Lipinski definition) is 0. The summed E-state index contributed by atoms with van der Waals surface area (Å²) >= 11 is 3.48. The van der Waals surface area contributed by atoms with Gasteiger partial charge in [0, 0.05) is 36.0 Å². The van der Waals surface area contributed by atoms with E-state index in [0.29, 0.717) is 6.04 Å². The van der Waals surface area contributed by atoms with Crippen molar-refractivity contribution in [2.24, 2.45) is 0 Å². The van der Waals surface area contributed by atoms with Crippen LogP contribution in [0.15, 0.2) is 65.4 Å². The van der Waals surface area contributed by atoms with Crippen LogP contribution >= 0.6 is 15.9 Å². The second-order valence-corrected chi connectivity index (χ2v) is 7.60. The first-order valence-electron chi connectivity index (χ1n) is 8.91. The summed E-state index contributed by atoms with van der Waals surface area (Å²) in [6, 6.07) is 16.6. The lowest BCUT2D eigenvalue weighted by Gasteiger charge is -2.32. The average Bonchev–Trinajstić information content (AvgIpc) is 3.21. The molecule has 1 aliphatic rings. The molecule has 134 valence electrons. The number of fused-ring (bicyclic) bond motifs is 1. The summed E-state index contributed by atoms with van der Waals surface area (Å²) in [5.41, 5.74) is 0. The molecule has 0 atom stereocenters. The first-order chi connectivity index (χ1) is 12.7. The minimum atomic E-state index is 0.0619. The van der Waals surface area contributed by atoms with Crippen LogP contribution in [0.5, 0.6) is 5.75 Å². The monoisotopic (exact) mass is 412 g/mol. The average molecular weight is 413 g/mol. The Balaban J connectivity index is 1.32. The van der Waals surface area contributed by atoms with Gasteiger partial charge in [0.05, 0.1) is 0 Å². The van der Waals surface area contributed by atoms with Crippen LogP contribution in [0.1, 0.15) is 18.9 Å². The number of carbonyl (C=O) groups is 1. The number of aromatic nitrogens is 1. The van der Waals surface area contributed by atoms with Crippen LogP contribution in [0.2, 0.25) is 0 Å². The number of nitrogens with zero attached hydrogens (tertiary/aromatic N) is 2. The summed E-state index contributed by atoms with van der Waals surface area (Å²) < 4.78 is 9.05. The Kier molecular flexibility index (Phi) is 4.98. The number of rotatable bonds is 4. The Morgan fingerprint density at radius 2 is 1.73 bits per heavy atom. The van der Waals surface area contributed by atoms with Crippen LogP contribution in [0.3, 0.4) is 0 Å². The second-order valence-electron chi connectivity index (χ2n) is 6.68. The standard InChI is InChI=1S/C21H21BrN2O2/c22-18-5-3-17-14-20(6-4-16(17)13-18)26-15-21(25)24-11-7-19(8-12-24)23-9-1-2-10-23/h1-6,9-10,13-14,19H,7-8,11-12,15H2. The number of carbonyl (C=O) groups excluding carboxylic acids is 1. The predicted molar refractivity (Wildman–Crippen MR) is 106 cm³/mol. The third-order valence-electron chi connectivity index (χ3n) is 5.00. The normalized spacial score (nSPS) is 15.3. The summed E-state index contributed by atoms with van der Waals surface area (Å²) in [5, 5.41) is 2.25. The molecule has 26 heavy (non-hydrogen) atoms. The predicted octanol–water partition coefficient (Wildman–Crippen LogP) is 4.65. The zero-order chi connectivity index (χ0) is 17.9. The van der Waals surface area contributed by atoms with E-state index < -0.39 is 0 Å². The minimum Gasteiger partial charge on any atom is -0.484 e. The van der Waals surface area contributed by atoms with Crippen molar-refractivity contribution in [1.82, 2.24) is 9.47 Å². The van der Waals surface area contributed by atoms with E-state index in [1.165, 1.54) is 0 Å². The number of ether oxygens (including phenoxy) is 1. The lowest BCUT2D eigenvalue weighted by Crippen LogP contribution is -2.41. The van der Waals surface area contributed by atoms with Gasteiger partial charge in [-0.1, -0.05) is 28.1 Å². The molecule has 1 aliphatic heterocycles. The molecule has 0 unspecified atom stereocenters. The molecule has 3 aromatic rings. The van der Waals surface area contributed by atoms with E-state index in [2.05, 4.69) is 39.0 Å². The van der Waals surface area contributed by atoms with E-state index in [0.717, 1.165) is 46.9 Å². The van der Waals surface area contributed by atoms with Crippen LogP contribution in [0, 0.1) is 0 Å². The third-order valence-corrected chi connectivity index (χ3v) is 5.50. The highest BCUT2D eigenvalue weighted by Crippen LogP contribution is 2.25. The van der Waals surface area contributed by atoms with Crippen molar-refractivity contribution in [1.29, 1.82) is 0 Å². The fourth-order valence-corrected chi connectivity index (χ4v) is 3.90. The first kappa shape index (κ1) is 17.2. The van der Waals surface area contributed by atoms with Crippen molar-refractivity contribution in [2.75, 3.05) is 19.7 Å². The Morgan fingerprint density at radius 1 is 1.04 bits per heavy atom. The van der Waals surface area contributed by atoms with Gasteiger partial charge in [-0.05, 0) is 60.0 Å². The fraction of sp³-hybridized carbons (Fsp3) is 0.286. The molecule has 2 aromatic carbocycles. The molecule has 2 heterocycles. The number of benzene rings is 2. The van der Waals surface area contributed by atoms with Crippen LogP contribution in [0.4, 0.5) is 0 Å². The number of piperidine rings is 1. The minimum absolute atomic E-state index is 0.0619. The maximum atomic E-state index is 12.5. The molecule has 0 spiro atoms. The van der Waals surface area contributed by atoms with Gasteiger partial charge in [-0.25, -0.2) is 0 Å². The lowest BCUT2D eigenvalue weighted by atomic mass is 10.0. The van der Waals surface area contributed by atoms with Crippen LogP contribution < -0.4 is 4.74 Å². The Morgan fingerprint density at radius 3 is 2.50 bits per heavy atom. The zero-order valence-electron chi connectivity index (χ0n) is 14.5. The van der Waals surface area contributed by atoms with Gasteiger partial charge in [0.1, 0.15) is 5.75 Å². The highest BCUT2D eigenvalue weighted by Gasteiger charge is 2.23. The van der Waals surface area contributed by atoms with Gasteiger partial charge in [-0.15, -0.1) is 0 Å². The van der Waals surface area contributed by atoms with Crippen molar-refractivity contribution in [3.05, 3.63) is 65.4 Å². The van der Waals surface area contributed by atoms with Crippen LogP contribution in [0.25, 0.3) is 10.8 Å². The smallest absolute Gasteiger partial charge is 0.260 e. The summed E-state index contributed by atoms with van der Waals surface area (Å²) in [4.78, 5) is 14.4. The number of likely N-dealkylation sites (tertiary alicyclic amines) is 1. The molecule has 4 nitrogen and oxygen atoms in total. The molecule has 5 heteroatoms. The summed E-state index contributed by atoms with van der Waals surface area (Å²) in [6.07, 6.45) is 6.18.